The van der Waals surface area contributed by atoms with Crippen molar-refractivity contribution in [3.8, 4) is 5.75 Å². The zero-order valence-electron chi connectivity index (χ0n) is 20.4. The first-order valence-electron chi connectivity index (χ1n) is 12.1. The molecule has 2 amide bonds. The summed E-state index contributed by atoms with van der Waals surface area (Å²) in [6, 6.07) is 23.8. The normalized spacial score (nSPS) is 12.9. The number of ether oxygens (including phenoxy) is 1. The molecule has 1 aliphatic carbocycles. The molecule has 0 spiro atoms. The molecule has 182 valence electrons. The van der Waals surface area contributed by atoms with Crippen LogP contribution >= 0.6 is 0 Å². The number of hydrogen-bond donors (Lipinski definition) is 2. The molecule has 35 heavy (non-hydrogen) atoms. The number of aryl methyl sites for hydroxylation is 2. The van der Waals surface area contributed by atoms with Crippen molar-refractivity contribution in [1.29, 1.82) is 0 Å². The minimum absolute atomic E-state index is 0.0444. The van der Waals surface area contributed by atoms with E-state index in [9.17, 15) is 9.59 Å². The molecule has 1 aliphatic rings. The highest BCUT2D eigenvalue weighted by molar-refractivity contribution is 5.93. The monoisotopic (exact) mass is 471 g/mol. The van der Waals surface area contributed by atoms with Gasteiger partial charge in [0.25, 0.3) is 0 Å². The number of benzene rings is 3. The van der Waals surface area contributed by atoms with Crippen LogP contribution in [-0.2, 0) is 16.2 Å². The van der Waals surface area contributed by atoms with Crippen molar-refractivity contribution in [1.82, 2.24) is 4.90 Å². The van der Waals surface area contributed by atoms with Crippen LogP contribution in [0.3, 0.4) is 0 Å². The fourth-order valence-corrected chi connectivity index (χ4v) is 3.92. The lowest BCUT2D eigenvalue weighted by Gasteiger charge is -2.21. The van der Waals surface area contributed by atoms with E-state index in [4.69, 9.17) is 4.74 Å². The summed E-state index contributed by atoms with van der Waals surface area (Å²) in [5.74, 6) is 0.641. The van der Waals surface area contributed by atoms with E-state index in [1.807, 2.05) is 86.6 Å². The number of amides is 2. The molecule has 6 nitrogen and oxygen atoms in total. The van der Waals surface area contributed by atoms with E-state index in [0.29, 0.717) is 32.2 Å². The van der Waals surface area contributed by atoms with Gasteiger partial charge in [-0.3, -0.25) is 14.5 Å². The number of carbonyl (C=O) groups excluding carboxylic acids is 2. The molecule has 0 heterocycles. The van der Waals surface area contributed by atoms with Gasteiger partial charge in [0.1, 0.15) is 12.4 Å². The smallest absolute Gasteiger partial charge is 0.238 e. The van der Waals surface area contributed by atoms with Crippen LogP contribution in [0.5, 0.6) is 5.75 Å². The molecule has 6 heteroatoms. The molecule has 0 bridgehead atoms. The van der Waals surface area contributed by atoms with E-state index in [0.717, 1.165) is 46.7 Å². The first kappa shape index (κ1) is 24.5. The van der Waals surface area contributed by atoms with E-state index in [-0.39, 0.29) is 11.8 Å². The van der Waals surface area contributed by atoms with Gasteiger partial charge >= 0.3 is 0 Å². The summed E-state index contributed by atoms with van der Waals surface area (Å²) in [7, 11) is 0. The van der Waals surface area contributed by atoms with Gasteiger partial charge < -0.3 is 15.4 Å². The first-order valence-corrected chi connectivity index (χ1v) is 12.1. The van der Waals surface area contributed by atoms with Crippen LogP contribution < -0.4 is 15.4 Å². The molecular weight excluding hydrogens is 438 g/mol. The number of rotatable bonds is 11. The first-order chi connectivity index (χ1) is 17.0. The third kappa shape index (κ3) is 7.69. The maximum atomic E-state index is 12.7. The summed E-state index contributed by atoms with van der Waals surface area (Å²) in [4.78, 5) is 27.3. The van der Waals surface area contributed by atoms with E-state index >= 15 is 0 Å². The molecule has 3 aromatic rings. The Balaban J connectivity index is 1.22. The second-order valence-corrected chi connectivity index (χ2v) is 9.17. The third-order valence-electron chi connectivity index (χ3n) is 6.09. The standard InChI is InChI=1S/C29H33N3O3/c1-21-8-9-22(2)27(18-21)31-29(34)19-32(25-12-13-25)17-16-28(33)30-24-10-14-26(15-11-24)35-20-23-6-4-3-5-7-23/h3-11,14-15,18,25H,12-13,16-17,19-20H2,1-2H3,(H,30,33)(H,31,34). The average Bonchev–Trinajstić information content (AvgIpc) is 3.70. The fourth-order valence-electron chi connectivity index (χ4n) is 3.92. The van der Waals surface area contributed by atoms with Crippen LogP contribution in [0.4, 0.5) is 11.4 Å². The van der Waals surface area contributed by atoms with Crippen LogP contribution in [0.1, 0.15) is 36.0 Å². The van der Waals surface area contributed by atoms with Crippen molar-refractivity contribution in [3.05, 3.63) is 89.5 Å². The number of carbonyl (C=O) groups is 2. The molecule has 0 aliphatic heterocycles. The van der Waals surface area contributed by atoms with Gasteiger partial charge in [0, 0.05) is 30.4 Å². The van der Waals surface area contributed by atoms with Crippen molar-refractivity contribution in [2.45, 2.75) is 45.8 Å². The van der Waals surface area contributed by atoms with Gasteiger partial charge in [-0.15, -0.1) is 0 Å². The Morgan fingerprint density at radius 3 is 2.37 bits per heavy atom. The quantitative estimate of drug-likeness (QED) is 0.397. The van der Waals surface area contributed by atoms with Gasteiger partial charge in [0.05, 0.1) is 6.54 Å². The second-order valence-electron chi connectivity index (χ2n) is 9.17. The summed E-state index contributed by atoms with van der Waals surface area (Å²) in [5.41, 5.74) is 4.83. The Morgan fingerprint density at radius 1 is 0.914 bits per heavy atom. The largest absolute Gasteiger partial charge is 0.489 e. The highest BCUT2D eigenvalue weighted by Crippen LogP contribution is 2.27. The topological polar surface area (TPSA) is 70.7 Å². The Bertz CT molecular complexity index is 1140. The summed E-state index contributed by atoms with van der Waals surface area (Å²) < 4.78 is 5.80. The van der Waals surface area contributed by atoms with Crippen LogP contribution in [0.15, 0.2) is 72.8 Å². The van der Waals surface area contributed by atoms with Gasteiger partial charge in [0.15, 0.2) is 0 Å². The lowest BCUT2D eigenvalue weighted by Crippen LogP contribution is -2.37. The minimum atomic E-state index is -0.0662. The molecule has 0 atom stereocenters. The zero-order chi connectivity index (χ0) is 24.6. The van der Waals surface area contributed by atoms with Gasteiger partial charge in [-0.25, -0.2) is 0 Å². The van der Waals surface area contributed by atoms with Gasteiger partial charge in [-0.1, -0.05) is 42.5 Å². The van der Waals surface area contributed by atoms with E-state index in [2.05, 4.69) is 15.5 Å². The number of nitrogens with zero attached hydrogens (tertiary/aromatic N) is 1. The molecule has 4 rings (SSSR count). The van der Waals surface area contributed by atoms with Gasteiger partial charge in [0.2, 0.25) is 11.8 Å². The molecule has 0 unspecified atom stereocenters. The Hall–Kier alpha value is -3.64. The molecular formula is C29H33N3O3. The predicted molar refractivity (Wildman–Crippen MR) is 140 cm³/mol. The molecule has 0 saturated heterocycles. The Kier molecular flexibility index (Phi) is 8.16. The molecule has 1 saturated carbocycles. The lowest BCUT2D eigenvalue weighted by atomic mass is 10.1. The van der Waals surface area contributed by atoms with Crippen LogP contribution in [0.25, 0.3) is 0 Å². The van der Waals surface area contributed by atoms with Crippen LogP contribution in [0, 0.1) is 13.8 Å². The maximum Gasteiger partial charge on any atom is 0.238 e. The number of nitrogens with one attached hydrogen (secondary N) is 2. The van der Waals surface area contributed by atoms with Gasteiger partial charge in [-0.05, 0) is 73.7 Å². The zero-order valence-corrected chi connectivity index (χ0v) is 20.4. The van der Waals surface area contributed by atoms with Crippen molar-refractivity contribution < 1.29 is 14.3 Å². The fraction of sp³-hybridized carbons (Fsp3) is 0.310. The predicted octanol–water partition coefficient (Wildman–Crippen LogP) is 5.31. The van der Waals surface area contributed by atoms with Crippen molar-refractivity contribution in [3.63, 3.8) is 0 Å². The Labute approximate surface area is 207 Å². The summed E-state index contributed by atoms with van der Waals surface area (Å²) >= 11 is 0. The molecule has 1 fully saturated rings. The van der Waals surface area contributed by atoms with Crippen LogP contribution in [0.2, 0.25) is 0 Å². The SMILES string of the molecule is Cc1ccc(C)c(NC(=O)CN(CCC(=O)Nc2ccc(OCc3ccccc3)cc2)C2CC2)c1. The summed E-state index contributed by atoms with van der Waals surface area (Å²) in [6.45, 7) is 5.34. The molecule has 0 aromatic heterocycles. The molecule has 3 aromatic carbocycles. The minimum Gasteiger partial charge on any atom is -0.489 e. The van der Waals surface area contributed by atoms with E-state index in [1.165, 1.54) is 0 Å². The van der Waals surface area contributed by atoms with Crippen molar-refractivity contribution in [2.75, 3.05) is 23.7 Å². The third-order valence-corrected chi connectivity index (χ3v) is 6.09. The van der Waals surface area contributed by atoms with E-state index < -0.39 is 0 Å². The van der Waals surface area contributed by atoms with Gasteiger partial charge in [-0.2, -0.15) is 0 Å². The van der Waals surface area contributed by atoms with Crippen LogP contribution in [-0.4, -0.2) is 35.8 Å². The second kappa shape index (κ2) is 11.7. The summed E-state index contributed by atoms with van der Waals surface area (Å²) in [6.07, 6.45) is 2.48. The van der Waals surface area contributed by atoms with E-state index in [1.54, 1.807) is 0 Å². The van der Waals surface area contributed by atoms with Crippen molar-refractivity contribution in [2.24, 2.45) is 0 Å². The average molecular weight is 472 g/mol. The highest BCUT2D eigenvalue weighted by atomic mass is 16.5. The number of anilines is 2. The lowest BCUT2D eigenvalue weighted by molar-refractivity contribution is -0.119. The number of hydrogen-bond acceptors (Lipinski definition) is 4. The maximum absolute atomic E-state index is 12.7. The molecule has 2 N–H and O–H groups in total. The highest BCUT2D eigenvalue weighted by Gasteiger charge is 2.30. The molecule has 0 radical (unpaired) electrons. The Morgan fingerprint density at radius 2 is 1.66 bits per heavy atom. The summed E-state index contributed by atoms with van der Waals surface area (Å²) in [5, 5.41) is 5.97. The van der Waals surface area contributed by atoms with Crippen molar-refractivity contribution >= 4 is 23.2 Å².